The van der Waals surface area contributed by atoms with Crippen molar-refractivity contribution in [2.24, 2.45) is 0 Å². The Morgan fingerprint density at radius 2 is 2.00 bits per heavy atom. The van der Waals surface area contributed by atoms with Gasteiger partial charge in [0, 0.05) is 28.9 Å². The highest BCUT2D eigenvalue weighted by molar-refractivity contribution is 9.10. The quantitative estimate of drug-likeness (QED) is 0.789. The second-order valence-corrected chi connectivity index (χ2v) is 5.08. The molecule has 0 unspecified atom stereocenters. The molecule has 0 saturated carbocycles. The van der Waals surface area contributed by atoms with Crippen LogP contribution in [0.2, 0.25) is 0 Å². The number of aromatic nitrogens is 1. The Labute approximate surface area is 120 Å². The summed E-state index contributed by atoms with van der Waals surface area (Å²) in [4.78, 5) is 16.0. The lowest BCUT2D eigenvalue weighted by Crippen LogP contribution is -2.01. The fraction of sp³-hybridized carbons (Fsp3) is 0.200. The van der Waals surface area contributed by atoms with Crippen LogP contribution in [0.1, 0.15) is 22.3 Å². The Hall–Kier alpha value is -1.68. The summed E-state index contributed by atoms with van der Waals surface area (Å²) in [6.45, 7) is 0. The molecule has 19 heavy (non-hydrogen) atoms. The number of hydrogen-bond donors (Lipinski definition) is 0. The van der Waals surface area contributed by atoms with Gasteiger partial charge in [0.25, 0.3) is 0 Å². The van der Waals surface area contributed by atoms with Gasteiger partial charge in [-0.1, -0.05) is 12.1 Å². The van der Waals surface area contributed by atoms with Crippen molar-refractivity contribution < 1.29 is 9.53 Å². The molecule has 98 valence electrons. The highest BCUT2D eigenvalue weighted by Crippen LogP contribution is 2.15. The van der Waals surface area contributed by atoms with Crippen LogP contribution >= 0.6 is 15.9 Å². The SMILES string of the molecule is COc1ccc(CCC(=O)c2cncc(Br)c2)cc1. The van der Waals surface area contributed by atoms with Crippen LogP contribution in [-0.2, 0) is 6.42 Å². The molecule has 3 nitrogen and oxygen atoms in total. The summed E-state index contributed by atoms with van der Waals surface area (Å²) in [5, 5.41) is 0. The first-order valence-corrected chi connectivity index (χ1v) is 6.75. The number of carbonyl (C=O) groups is 1. The smallest absolute Gasteiger partial charge is 0.164 e. The molecule has 0 aliphatic rings. The van der Waals surface area contributed by atoms with Crippen molar-refractivity contribution in [3.05, 3.63) is 58.3 Å². The third-order valence-corrected chi connectivity index (χ3v) is 3.26. The van der Waals surface area contributed by atoms with Gasteiger partial charge in [0.2, 0.25) is 0 Å². The minimum absolute atomic E-state index is 0.101. The van der Waals surface area contributed by atoms with Gasteiger partial charge in [0.05, 0.1) is 7.11 Å². The molecule has 0 fully saturated rings. The molecule has 0 atom stereocenters. The molecular formula is C15H14BrNO2. The van der Waals surface area contributed by atoms with E-state index in [1.165, 1.54) is 0 Å². The zero-order valence-electron chi connectivity index (χ0n) is 10.6. The summed E-state index contributed by atoms with van der Waals surface area (Å²) in [5.74, 6) is 0.927. The average molecular weight is 320 g/mol. The molecule has 1 aromatic carbocycles. The molecule has 0 spiro atoms. The number of Topliss-reactive ketones (excluding diaryl/α,β-unsaturated/α-hetero) is 1. The van der Waals surface area contributed by atoms with E-state index in [0.717, 1.165) is 22.2 Å². The zero-order chi connectivity index (χ0) is 13.7. The predicted octanol–water partition coefficient (Wildman–Crippen LogP) is 3.67. The van der Waals surface area contributed by atoms with E-state index >= 15 is 0 Å². The normalized spacial score (nSPS) is 10.2. The second kappa shape index (κ2) is 6.48. The van der Waals surface area contributed by atoms with Crippen molar-refractivity contribution >= 4 is 21.7 Å². The summed E-state index contributed by atoms with van der Waals surface area (Å²) in [5.41, 5.74) is 1.76. The Kier molecular flexibility index (Phi) is 4.68. The van der Waals surface area contributed by atoms with Crippen LogP contribution < -0.4 is 4.74 Å². The summed E-state index contributed by atoms with van der Waals surface area (Å²) < 4.78 is 5.92. The first-order valence-electron chi connectivity index (χ1n) is 5.96. The summed E-state index contributed by atoms with van der Waals surface area (Å²) in [6.07, 6.45) is 4.46. The van der Waals surface area contributed by atoms with Crippen molar-refractivity contribution in [2.75, 3.05) is 7.11 Å². The van der Waals surface area contributed by atoms with Crippen LogP contribution in [0, 0.1) is 0 Å². The summed E-state index contributed by atoms with van der Waals surface area (Å²) >= 11 is 3.31. The monoisotopic (exact) mass is 319 g/mol. The number of ether oxygens (including phenoxy) is 1. The minimum Gasteiger partial charge on any atom is -0.497 e. The van der Waals surface area contributed by atoms with E-state index in [9.17, 15) is 4.79 Å². The standard InChI is InChI=1S/C15H14BrNO2/c1-19-14-5-2-11(3-6-14)4-7-15(18)12-8-13(16)10-17-9-12/h2-3,5-6,8-10H,4,7H2,1H3. The van der Waals surface area contributed by atoms with E-state index in [0.29, 0.717) is 12.0 Å². The molecule has 0 aliphatic carbocycles. The van der Waals surface area contributed by atoms with Gasteiger partial charge in [-0.3, -0.25) is 9.78 Å². The Balaban J connectivity index is 1.96. The maximum absolute atomic E-state index is 12.0. The number of ketones is 1. The zero-order valence-corrected chi connectivity index (χ0v) is 12.2. The second-order valence-electron chi connectivity index (χ2n) is 4.16. The van der Waals surface area contributed by atoms with Gasteiger partial charge in [0.15, 0.2) is 5.78 Å². The first kappa shape index (κ1) is 13.7. The number of benzene rings is 1. The van der Waals surface area contributed by atoms with Gasteiger partial charge in [-0.15, -0.1) is 0 Å². The van der Waals surface area contributed by atoms with Gasteiger partial charge in [0.1, 0.15) is 5.75 Å². The number of carbonyl (C=O) groups excluding carboxylic acids is 1. The maximum Gasteiger partial charge on any atom is 0.164 e. The molecule has 2 rings (SSSR count). The Bertz CT molecular complexity index is 567. The van der Waals surface area contributed by atoms with Gasteiger partial charge in [-0.2, -0.15) is 0 Å². The average Bonchev–Trinajstić information content (AvgIpc) is 2.45. The Morgan fingerprint density at radius 1 is 1.26 bits per heavy atom. The van der Waals surface area contributed by atoms with Gasteiger partial charge < -0.3 is 4.74 Å². The number of methoxy groups -OCH3 is 1. The molecule has 1 aromatic heterocycles. The third-order valence-electron chi connectivity index (χ3n) is 2.83. The highest BCUT2D eigenvalue weighted by Gasteiger charge is 2.07. The van der Waals surface area contributed by atoms with Crippen LogP contribution in [0.25, 0.3) is 0 Å². The predicted molar refractivity (Wildman–Crippen MR) is 77.6 cm³/mol. The molecule has 0 saturated heterocycles. The number of halogens is 1. The number of aryl methyl sites for hydroxylation is 1. The summed E-state index contributed by atoms with van der Waals surface area (Å²) in [6, 6.07) is 9.56. The largest absolute Gasteiger partial charge is 0.497 e. The van der Waals surface area contributed by atoms with Crippen LogP contribution in [0.5, 0.6) is 5.75 Å². The van der Waals surface area contributed by atoms with E-state index in [1.54, 1.807) is 25.6 Å². The Morgan fingerprint density at radius 3 is 2.63 bits per heavy atom. The molecule has 4 heteroatoms. The van der Waals surface area contributed by atoms with E-state index < -0.39 is 0 Å². The fourth-order valence-corrected chi connectivity index (χ4v) is 2.12. The van der Waals surface area contributed by atoms with E-state index in [-0.39, 0.29) is 5.78 Å². The van der Waals surface area contributed by atoms with Crippen molar-refractivity contribution in [1.82, 2.24) is 4.98 Å². The summed E-state index contributed by atoms with van der Waals surface area (Å²) in [7, 11) is 1.64. The minimum atomic E-state index is 0.101. The van der Waals surface area contributed by atoms with Gasteiger partial charge >= 0.3 is 0 Å². The lowest BCUT2D eigenvalue weighted by molar-refractivity contribution is 0.0982. The molecule has 1 heterocycles. The third kappa shape index (κ3) is 3.89. The topological polar surface area (TPSA) is 39.2 Å². The maximum atomic E-state index is 12.0. The van der Waals surface area contributed by atoms with Crippen molar-refractivity contribution in [2.45, 2.75) is 12.8 Å². The lowest BCUT2D eigenvalue weighted by atomic mass is 10.0. The van der Waals surface area contributed by atoms with E-state index in [1.807, 2.05) is 24.3 Å². The van der Waals surface area contributed by atoms with Crippen LogP contribution in [0.3, 0.4) is 0 Å². The van der Waals surface area contributed by atoms with Crippen molar-refractivity contribution in [3.63, 3.8) is 0 Å². The van der Waals surface area contributed by atoms with Crippen molar-refractivity contribution in [1.29, 1.82) is 0 Å². The lowest BCUT2D eigenvalue weighted by Gasteiger charge is -2.04. The number of rotatable bonds is 5. The molecular weight excluding hydrogens is 306 g/mol. The van der Waals surface area contributed by atoms with Crippen LogP contribution in [0.4, 0.5) is 0 Å². The number of hydrogen-bond acceptors (Lipinski definition) is 3. The van der Waals surface area contributed by atoms with Crippen LogP contribution in [0.15, 0.2) is 47.2 Å². The molecule has 2 aromatic rings. The molecule has 0 radical (unpaired) electrons. The van der Waals surface area contributed by atoms with E-state index in [4.69, 9.17) is 4.74 Å². The van der Waals surface area contributed by atoms with Gasteiger partial charge in [-0.25, -0.2) is 0 Å². The number of pyridine rings is 1. The van der Waals surface area contributed by atoms with E-state index in [2.05, 4.69) is 20.9 Å². The molecule has 0 aliphatic heterocycles. The highest BCUT2D eigenvalue weighted by atomic mass is 79.9. The molecule has 0 bridgehead atoms. The first-order chi connectivity index (χ1) is 9.19. The molecule has 0 amide bonds. The van der Waals surface area contributed by atoms with Gasteiger partial charge in [-0.05, 0) is 46.1 Å². The van der Waals surface area contributed by atoms with Crippen molar-refractivity contribution in [3.8, 4) is 5.75 Å². The fourth-order valence-electron chi connectivity index (χ4n) is 1.76. The molecule has 0 N–H and O–H groups in total. The number of nitrogens with zero attached hydrogens (tertiary/aromatic N) is 1. The van der Waals surface area contributed by atoms with Crippen LogP contribution in [-0.4, -0.2) is 17.9 Å².